The fourth-order valence-electron chi connectivity index (χ4n) is 2.62. The normalized spacial score (nSPS) is 12.5. The van der Waals surface area contributed by atoms with Crippen LogP contribution in [-0.4, -0.2) is 24.0 Å². The van der Waals surface area contributed by atoms with Crippen LogP contribution in [0.15, 0.2) is 30.3 Å². The Balaban J connectivity index is 2.70. The summed E-state index contributed by atoms with van der Waals surface area (Å²) in [6.45, 7) is 6.10. The molecule has 1 N–H and O–H groups in total. The van der Waals surface area contributed by atoms with E-state index in [1.165, 1.54) is 0 Å². The van der Waals surface area contributed by atoms with Crippen molar-refractivity contribution in [2.45, 2.75) is 70.9 Å². The van der Waals surface area contributed by atoms with Gasteiger partial charge in [0, 0.05) is 6.42 Å². The largest absolute Gasteiger partial charge is 0.443 e. The molecule has 0 heterocycles. The number of carbonyl (C=O) groups is 2. The molecule has 0 radical (unpaired) electrons. The molecule has 1 amide bonds. The summed E-state index contributed by atoms with van der Waals surface area (Å²) in [7, 11) is 0. The lowest BCUT2D eigenvalue weighted by molar-refractivity contribution is -0.109. The van der Waals surface area contributed by atoms with Crippen LogP contribution in [0, 0.1) is 0 Å². The molecule has 0 saturated carbocycles. The van der Waals surface area contributed by atoms with Crippen molar-refractivity contribution in [3.05, 3.63) is 35.9 Å². The summed E-state index contributed by atoms with van der Waals surface area (Å²) in [6.07, 6.45) is 4.96. The van der Waals surface area contributed by atoms with Gasteiger partial charge in [-0.2, -0.15) is 0 Å². The van der Waals surface area contributed by atoms with Gasteiger partial charge in [-0.25, -0.2) is 4.79 Å². The van der Waals surface area contributed by atoms with E-state index in [2.05, 4.69) is 12.2 Å². The van der Waals surface area contributed by atoms with Crippen molar-refractivity contribution >= 4 is 12.4 Å². The van der Waals surface area contributed by atoms with Gasteiger partial charge in [-0.15, -0.1) is 0 Å². The van der Waals surface area contributed by atoms with Gasteiger partial charge in [0.05, 0.1) is 6.04 Å². The smallest absolute Gasteiger partial charge is 0.408 e. The fourth-order valence-corrected chi connectivity index (χ4v) is 2.62. The van der Waals surface area contributed by atoms with Crippen molar-refractivity contribution in [3.8, 4) is 0 Å². The zero-order valence-electron chi connectivity index (χ0n) is 14.5. The molecular formula is C19H29NO3. The van der Waals surface area contributed by atoms with Crippen LogP contribution < -0.4 is 5.32 Å². The Labute approximate surface area is 139 Å². The molecule has 0 aliphatic heterocycles. The summed E-state index contributed by atoms with van der Waals surface area (Å²) in [4.78, 5) is 23.3. The predicted molar refractivity (Wildman–Crippen MR) is 92.5 cm³/mol. The number of aldehydes is 1. The minimum atomic E-state index is -0.538. The summed E-state index contributed by atoms with van der Waals surface area (Å²) < 4.78 is 5.74. The zero-order valence-corrected chi connectivity index (χ0v) is 14.5. The van der Waals surface area contributed by atoms with E-state index in [1.54, 1.807) is 0 Å². The second-order valence-corrected chi connectivity index (χ2v) is 5.97. The average Bonchev–Trinajstić information content (AvgIpc) is 2.58. The van der Waals surface area contributed by atoms with E-state index in [9.17, 15) is 9.59 Å². The van der Waals surface area contributed by atoms with Crippen molar-refractivity contribution in [2.75, 3.05) is 0 Å². The molecule has 23 heavy (non-hydrogen) atoms. The molecule has 0 bridgehead atoms. The van der Waals surface area contributed by atoms with E-state index in [1.807, 2.05) is 44.2 Å². The van der Waals surface area contributed by atoms with Gasteiger partial charge in [-0.3, -0.25) is 0 Å². The summed E-state index contributed by atoms with van der Waals surface area (Å²) in [5.41, 5.74) is 0.603. The van der Waals surface area contributed by atoms with Gasteiger partial charge in [0.25, 0.3) is 0 Å². The number of hydrogen-bond donors (Lipinski definition) is 1. The van der Waals surface area contributed by atoms with Gasteiger partial charge in [0.1, 0.15) is 11.9 Å². The maximum Gasteiger partial charge on any atom is 0.408 e. The van der Waals surface area contributed by atoms with Gasteiger partial charge >= 0.3 is 6.09 Å². The second kappa shape index (κ2) is 10.0. The van der Waals surface area contributed by atoms with Crippen molar-refractivity contribution in [2.24, 2.45) is 0 Å². The SMILES string of the molecule is CCCC[C@@H](C=O)NC(=O)OC(CC)(CC)Cc1ccccc1. The summed E-state index contributed by atoms with van der Waals surface area (Å²) in [5.74, 6) is 0. The molecule has 0 fully saturated rings. The molecule has 1 rings (SSSR count). The topological polar surface area (TPSA) is 55.4 Å². The highest BCUT2D eigenvalue weighted by Gasteiger charge is 2.31. The van der Waals surface area contributed by atoms with Crippen LogP contribution in [0.1, 0.15) is 58.4 Å². The Hall–Kier alpha value is -1.84. The molecule has 128 valence electrons. The number of rotatable bonds is 10. The molecule has 0 unspecified atom stereocenters. The lowest BCUT2D eigenvalue weighted by Crippen LogP contribution is -2.44. The summed E-state index contributed by atoms with van der Waals surface area (Å²) in [5, 5.41) is 2.68. The van der Waals surface area contributed by atoms with E-state index in [4.69, 9.17) is 4.74 Å². The van der Waals surface area contributed by atoms with Crippen LogP contribution in [0.2, 0.25) is 0 Å². The number of carbonyl (C=O) groups excluding carboxylic acids is 2. The molecule has 4 nitrogen and oxygen atoms in total. The van der Waals surface area contributed by atoms with Gasteiger partial charge in [0.15, 0.2) is 0 Å². The first-order valence-corrected chi connectivity index (χ1v) is 8.57. The molecule has 0 saturated heterocycles. The van der Waals surface area contributed by atoms with E-state index in [-0.39, 0.29) is 0 Å². The van der Waals surface area contributed by atoms with E-state index in [0.717, 1.165) is 37.5 Å². The highest BCUT2D eigenvalue weighted by Crippen LogP contribution is 2.26. The fraction of sp³-hybridized carbons (Fsp3) is 0.579. The number of ether oxygens (including phenoxy) is 1. The first-order valence-electron chi connectivity index (χ1n) is 8.57. The maximum atomic E-state index is 12.2. The third-order valence-electron chi connectivity index (χ3n) is 4.30. The number of nitrogens with one attached hydrogen (secondary N) is 1. The minimum Gasteiger partial charge on any atom is -0.443 e. The van der Waals surface area contributed by atoms with E-state index < -0.39 is 17.7 Å². The van der Waals surface area contributed by atoms with E-state index >= 15 is 0 Å². The quantitative estimate of drug-likeness (QED) is 0.655. The maximum absolute atomic E-state index is 12.2. The van der Waals surface area contributed by atoms with Crippen molar-refractivity contribution in [1.82, 2.24) is 5.32 Å². The molecule has 0 aliphatic rings. The monoisotopic (exact) mass is 319 g/mol. The Bertz CT molecular complexity index is 469. The van der Waals surface area contributed by atoms with Gasteiger partial charge in [0.2, 0.25) is 0 Å². The number of hydrogen-bond acceptors (Lipinski definition) is 3. The minimum absolute atomic E-state index is 0.467. The summed E-state index contributed by atoms with van der Waals surface area (Å²) in [6, 6.07) is 9.55. The molecule has 4 heteroatoms. The van der Waals surface area contributed by atoms with Crippen molar-refractivity contribution in [1.29, 1.82) is 0 Å². The second-order valence-electron chi connectivity index (χ2n) is 5.97. The Morgan fingerprint density at radius 1 is 1.22 bits per heavy atom. The third-order valence-corrected chi connectivity index (χ3v) is 4.30. The van der Waals surface area contributed by atoms with Crippen LogP contribution in [0.25, 0.3) is 0 Å². The first-order chi connectivity index (χ1) is 11.1. The van der Waals surface area contributed by atoms with Crippen LogP contribution in [-0.2, 0) is 16.0 Å². The van der Waals surface area contributed by atoms with Gasteiger partial charge in [-0.1, -0.05) is 63.9 Å². The predicted octanol–water partition coefficient (Wildman–Crippen LogP) is 4.27. The van der Waals surface area contributed by atoms with Crippen LogP contribution in [0.5, 0.6) is 0 Å². The van der Waals surface area contributed by atoms with Crippen molar-refractivity contribution < 1.29 is 14.3 Å². The van der Waals surface area contributed by atoms with Gasteiger partial charge in [-0.05, 0) is 24.8 Å². The Morgan fingerprint density at radius 3 is 2.39 bits per heavy atom. The third kappa shape index (κ3) is 6.43. The molecular weight excluding hydrogens is 290 g/mol. The first kappa shape index (κ1) is 19.2. The molecule has 0 aliphatic carbocycles. The highest BCUT2D eigenvalue weighted by molar-refractivity contribution is 5.73. The number of amides is 1. The number of unbranched alkanes of at least 4 members (excludes halogenated alkanes) is 1. The average molecular weight is 319 g/mol. The van der Waals surface area contributed by atoms with E-state index in [0.29, 0.717) is 12.8 Å². The lowest BCUT2D eigenvalue weighted by atomic mass is 9.89. The Kier molecular flexibility index (Phi) is 8.38. The molecule has 1 aromatic carbocycles. The zero-order chi connectivity index (χ0) is 17.1. The van der Waals surface area contributed by atoms with Crippen LogP contribution >= 0.6 is 0 Å². The molecule has 1 atom stereocenters. The van der Waals surface area contributed by atoms with Crippen molar-refractivity contribution in [3.63, 3.8) is 0 Å². The molecule has 0 aromatic heterocycles. The molecule has 1 aromatic rings. The molecule has 0 spiro atoms. The van der Waals surface area contributed by atoms with Gasteiger partial charge < -0.3 is 14.8 Å². The number of benzene rings is 1. The summed E-state index contributed by atoms with van der Waals surface area (Å²) >= 11 is 0. The highest BCUT2D eigenvalue weighted by atomic mass is 16.6. The lowest BCUT2D eigenvalue weighted by Gasteiger charge is -2.32. The van der Waals surface area contributed by atoms with Crippen LogP contribution in [0.4, 0.5) is 4.79 Å². The van der Waals surface area contributed by atoms with Crippen LogP contribution in [0.3, 0.4) is 0 Å². The standard InChI is InChI=1S/C19H29NO3/c1-4-7-13-17(15-21)20-18(22)23-19(5-2,6-3)14-16-11-9-8-10-12-16/h8-12,15,17H,4-7,13-14H2,1-3H3,(H,20,22)/t17-/m0/s1. The number of alkyl carbamates (subject to hydrolysis) is 1. The Morgan fingerprint density at radius 2 is 1.87 bits per heavy atom.